The van der Waals surface area contributed by atoms with E-state index in [1.54, 1.807) is 0 Å². The molecule has 0 aromatic rings. The topological polar surface area (TPSA) is 95.9 Å². The van der Waals surface area contributed by atoms with Crippen LogP contribution in [0.25, 0.3) is 0 Å². The summed E-state index contributed by atoms with van der Waals surface area (Å²) in [5, 5.41) is 23.7. The van der Waals surface area contributed by atoms with Crippen molar-refractivity contribution in [1.29, 1.82) is 0 Å². The number of allylic oxidation sites excluding steroid dienone is 12. The Balaban J connectivity index is 4.76. The highest BCUT2D eigenvalue weighted by Crippen LogP contribution is 2.16. The van der Waals surface area contributed by atoms with Crippen LogP contribution in [-0.4, -0.2) is 46.9 Å². The predicted octanol–water partition coefficient (Wildman–Crippen LogP) is 15.8. The first-order chi connectivity index (χ1) is 30.5. The van der Waals surface area contributed by atoms with Crippen molar-refractivity contribution < 1.29 is 24.5 Å². The molecular weight excluding hydrogens is 767 g/mol. The van der Waals surface area contributed by atoms with Crippen LogP contribution in [0.5, 0.6) is 0 Å². The highest BCUT2D eigenvalue weighted by Gasteiger charge is 2.23. The van der Waals surface area contributed by atoms with Crippen molar-refractivity contribution in [1.82, 2.24) is 5.32 Å². The molecule has 0 aliphatic rings. The van der Waals surface area contributed by atoms with Gasteiger partial charge in [0.25, 0.3) is 0 Å². The Kier molecular flexibility index (Phi) is 47.2. The Morgan fingerprint density at radius 1 is 0.468 bits per heavy atom. The molecule has 1 amide bonds. The third kappa shape index (κ3) is 43.9. The van der Waals surface area contributed by atoms with Gasteiger partial charge in [0.1, 0.15) is 6.10 Å². The number of aliphatic hydroxyl groups excluding tert-OH is 2. The highest BCUT2D eigenvalue weighted by atomic mass is 16.5. The van der Waals surface area contributed by atoms with Crippen LogP contribution < -0.4 is 5.32 Å². The fourth-order valence-corrected chi connectivity index (χ4v) is 7.53. The molecule has 3 N–H and O–H groups in total. The summed E-state index contributed by atoms with van der Waals surface area (Å²) in [7, 11) is 0. The normalized spacial score (nSPS) is 13.8. The number of rotatable bonds is 46. The molecule has 0 aromatic carbocycles. The van der Waals surface area contributed by atoms with Crippen molar-refractivity contribution in [2.75, 3.05) is 6.61 Å². The molecule has 3 atom stereocenters. The molecule has 0 fully saturated rings. The molecule has 0 aliphatic heterocycles. The number of nitrogens with one attached hydrogen (secondary N) is 1. The molecule has 0 heterocycles. The third-order valence-corrected chi connectivity index (χ3v) is 11.5. The average Bonchev–Trinajstić information content (AvgIpc) is 3.26. The maximum absolute atomic E-state index is 13.2. The van der Waals surface area contributed by atoms with Gasteiger partial charge in [-0.05, 0) is 83.5 Å². The molecule has 358 valence electrons. The van der Waals surface area contributed by atoms with Crippen molar-refractivity contribution >= 4 is 11.9 Å². The summed E-state index contributed by atoms with van der Waals surface area (Å²) in [5.41, 5.74) is 0. The average molecular weight is 866 g/mol. The standard InChI is InChI=1S/C56H99NO5/c1-4-7-10-13-16-19-22-25-26-27-28-31-32-35-38-41-44-47-52(62-56(61)49-46-43-40-37-34-30-24-21-18-15-12-9-6-3)50-55(60)57-53(51-58)54(59)48-45-42-39-36-33-29-23-20-17-14-11-8-5-2/h16,19,25-26,28,30-31,34-35,38,40,43,52-54,58-59H,4-15,17-18,20-24,27,29,32-33,36-37,39,41-42,44-51H2,1-3H3,(H,57,60)/b19-16-,26-25-,31-28-,34-30-,38-35-,43-40+. The number of hydrogen-bond acceptors (Lipinski definition) is 5. The molecule has 0 saturated carbocycles. The molecule has 0 aliphatic carbocycles. The smallest absolute Gasteiger partial charge is 0.306 e. The van der Waals surface area contributed by atoms with Gasteiger partial charge in [-0.15, -0.1) is 0 Å². The Bertz CT molecular complexity index is 1150. The molecule has 0 spiro atoms. The number of esters is 1. The predicted molar refractivity (Wildman–Crippen MR) is 268 cm³/mol. The van der Waals surface area contributed by atoms with E-state index in [2.05, 4.69) is 92.9 Å². The lowest BCUT2D eigenvalue weighted by Gasteiger charge is -2.24. The lowest BCUT2D eigenvalue weighted by Crippen LogP contribution is -2.46. The van der Waals surface area contributed by atoms with Crippen LogP contribution in [0.1, 0.15) is 245 Å². The minimum Gasteiger partial charge on any atom is -0.462 e. The van der Waals surface area contributed by atoms with Gasteiger partial charge >= 0.3 is 5.97 Å². The lowest BCUT2D eigenvalue weighted by atomic mass is 10.0. The van der Waals surface area contributed by atoms with E-state index < -0.39 is 18.2 Å². The zero-order chi connectivity index (χ0) is 45.2. The van der Waals surface area contributed by atoms with E-state index in [9.17, 15) is 19.8 Å². The second-order valence-corrected chi connectivity index (χ2v) is 17.6. The fourth-order valence-electron chi connectivity index (χ4n) is 7.53. The van der Waals surface area contributed by atoms with Gasteiger partial charge in [-0.3, -0.25) is 9.59 Å². The van der Waals surface area contributed by atoms with E-state index in [0.717, 1.165) is 64.2 Å². The van der Waals surface area contributed by atoms with Gasteiger partial charge in [-0.1, -0.05) is 222 Å². The second-order valence-electron chi connectivity index (χ2n) is 17.6. The van der Waals surface area contributed by atoms with Crippen molar-refractivity contribution in [3.8, 4) is 0 Å². The zero-order valence-electron chi connectivity index (χ0n) is 40.7. The summed E-state index contributed by atoms with van der Waals surface area (Å²) in [6, 6.07) is -0.732. The Morgan fingerprint density at radius 3 is 1.31 bits per heavy atom. The molecule has 0 bridgehead atoms. The minimum atomic E-state index is -0.813. The van der Waals surface area contributed by atoms with E-state index in [1.165, 1.54) is 128 Å². The van der Waals surface area contributed by atoms with Gasteiger partial charge in [0.15, 0.2) is 0 Å². The number of carbonyl (C=O) groups is 2. The largest absolute Gasteiger partial charge is 0.462 e. The van der Waals surface area contributed by atoms with Crippen molar-refractivity contribution in [2.45, 2.75) is 264 Å². The van der Waals surface area contributed by atoms with E-state index in [-0.39, 0.29) is 31.3 Å². The van der Waals surface area contributed by atoms with E-state index in [1.807, 2.05) is 6.08 Å². The van der Waals surface area contributed by atoms with Crippen LogP contribution in [-0.2, 0) is 14.3 Å². The van der Waals surface area contributed by atoms with Gasteiger partial charge in [-0.2, -0.15) is 0 Å². The molecule has 0 saturated heterocycles. The van der Waals surface area contributed by atoms with Crippen LogP contribution in [0.3, 0.4) is 0 Å². The van der Waals surface area contributed by atoms with Crippen LogP contribution >= 0.6 is 0 Å². The Labute approximate surface area is 383 Å². The quantitative estimate of drug-likeness (QED) is 0.0322. The zero-order valence-corrected chi connectivity index (χ0v) is 40.7. The summed E-state index contributed by atoms with van der Waals surface area (Å²) in [6.07, 6.45) is 62.6. The summed E-state index contributed by atoms with van der Waals surface area (Å²) in [5.74, 6) is -0.610. The maximum atomic E-state index is 13.2. The number of carbonyl (C=O) groups excluding carboxylic acids is 2. The fraction of sp³-hybridized carbons (Fsp3) is 0.750. The van der Waals surface area contributed by atoms with Crippen LogP contribution in [0, 0.1) is 0 Å². The van der Waals surface area contributed by atoms with Crippen LogP contribution in [0.15, 0.2) is 72.9 Å². The monoisotopic (exact) mass is 866 g/mol. The van der Waals surface area contributed by atoms with Gasteiger partial charge in [0.05, 0.1) is 25.2 Å². The van der Waals surface area contributed by atoms with Gasteiger partial charge < -0.3 is 20.3 Å². The molecule has 62 heavy (non-hydrogen) atoms. The molecule has 0 aromatic heterocycles. The van der Waals surface area contributed by atoms with Gasteiger partial charge in [0.2, 0.25) is 5.91 Å². The van der Waals surface area contributed by atoms with Gasteiger partial charge in [-0.25, -0.2) is 0 Å². The SMILES string of the molecule is CCCCC/C=C\C/C=C\C/C=C\C/C=C\CCCC(CC(=O)NC(CO)C(O)CCCCCCCCCCCCCCC)OC(=O)CC/C=C/C/C=C\CCCCCCCC. The molecule has 0 radical (unpaired) electrons. The van der Waals surface area contributed by atoms with Gasteiger partial charge in [0, 0.05) is 6.42 Å². The first-order valence-corrected chi connectivity index (χ1v) is 26.2. The van der Waals surface area contributed by atoms with E-state index >= 15 is 0 Å². The molecule has 6 nitrogen and oxygen atoms in total. The molecule has 3 unspecified atom stereocenters. The Hall–Kier alpha value is -2.70. The maximum Gasteiger partial charge on any atom is 0.306 e. The summed E-state index contributed by atoms with van der Waals surface area (Å²) in [6.45, 7) is 6.41. The molecule has 0 rings (SSSR count). The summed E-state index contributed by atoms with van der Waals surface area (Å²) < 4.78 is 5.87. The molecular formula is C56H99NO5. The number of amides is 1. The summed E-state index contributed by atoms with van der Waals surface area (Å²) >= 11 is 0. The minimum absolute atomic E-state index is 0.0154. The summed E-state index contributed by atoms with van der Waals surface area (Å²) in [4.78, 5) is 26.1. The van der Waals surface area contributed by atoms with E-state index in [4.69, 9.17) is 4.74 Å². The second kappa shape index (κ2) is 49.3. The van der Waals surface area contributed by atoms with E-state index in [0.29, 0.717) is 19.3 Å². The molecule has 6 heteroatoms. The first-order valence-electron chi connectivity index (χ1n) is 26.2. The number of aliphatic hydroxyl groups is 2. The number of unbranched alkanes of at least 4 members (excludes halogenated alkanes) is 22. The number of ether oxygens (including phenoxy) is 1. The van der Waals surface area contributed by atoms with Crippen LogP contribution in [0.2, 0.25) is 0 Å². The van der Waals surface area contributed by atoms with Crippen molar-refractivity contribution in [3.05, 3.63) is 72.9 Å². The van der Waals surface area contributed by atoms with Crippen LogP contribution in [0.4, 0.5) is 0 Å². The number of hydrogen-bond donors (Lipinski definition) is 3. The first kappa shape index (κ1) is 59.3. The lowest BCUT2D eigenvalue weighted by molar-refractivity contribution is -0.150. The highest BCUT2D eigenvalue weighted by molar-refractivity contribution is 5.77. The Morgan fingerprint density at radius 2 is 0.839 bits per heavy atom. The van der Waals surface area contributed by atoms with Crippen molar-refractivity contribution in [2.24, 2.45) is 0 Å². The third-order valence-electron chi connectivity index (χ3n) is 11.5. The van der Waals surface area contributed by atoms with Crippen molar-refractivity contribution in [3.63, 3.8) is 0 Å².